The number of fused-ring (bicyclic) bond motifs is 3. The molecule has 3 aromatic heterocycles. The molecule has 0 unspecified atom stereocenters. The first-order valence-corrected chi connectivity index (χ1v) is 13.8. The molecule has 1 aliphatic rings. The van der Waals surface area contributed by atoms with E-state index in [0.717, 1.165) is 57.2 Å². The highest BCUT2D eigenvalue weighted by Crippen LogP contribution is 2.32. The first kappa shape index (κ1) is 26.7. The number of piperidine rings is 1. The van der Waals surface area contributed by atoms with Gasteiger partial charge in [0.15, 0.2) is 0 Å². The topological polar surface area (TPSA) is 102 Å². The number of methoxy groups -OCH3 is 1. The number of aliphatic hydroxyl groups excluding tert-OH is 1. The number of nitrogens with zero attached hydrogens (tertiary/aromatic N) is 5. The van der Waals surface area contributed by atoms with Crippen LogP contribution in [0, 0.1) is 6.92 Å². The summed E-state index contributed by atoms with van der Waals surface area (Å²) < 4.78 is 8.72. The molecule has 4 heterocycles. The fraction of sp³-hybridized carbons (Fsp3) is 0.312. The molecular formula is C32H33N5O4. The molecule has 0 spiro atoms. The molecule has 5 aromatic rings. The van der Waals surface area contributed by atoms with Crippen molar-refractivity contribution in [2.75, 3.05) is 20.2 Å². The van der Waals surface area contributed by atoms with E-state index < -0.39 is 6.10 Å². The number of imidazole rings is 1. The monoisotopic (exact) mass is 551 g/mol. The Hall–Kier alpha value is -4.50. The van der Waals surface area contributed by atoms with Crippen molar-refractivity contribution in [2.45, 2.75) is 38.7 Å². The van der Waals surface area contributed by atoms with E-state index in [4.69, 9.17) is 4.74 Å². The summed E-state index contributed by atoms with van der Waals surface area (Å²) in [7, 11) is 3.38. The van der Waals surface area contributed by atoms with Crippen molar-refractivity contribution in [1.29, 1.82) is 0 Å². The highest BCUT2D eigenvalue weighted by atomic mass is 16.5. The lowest BCUT2D eigenvalue weighted by molar-refractivity contribution is -0.140. The molecule has 1 saturated heterocycles. The summed E-state index contributed by atoms with van der Waals surface area (Å²) in [4.78, 5) is 36.5. The Labute approximate surface area is 237 Å². The van der Waals surface area contributed by atoms with Crippen LogP contribution in [-0.2, 0) is 11.8 Å². The fourth-order valence-electron chi connectivity index (χ4n) is 5.94. The minimum Gasteiger partial charge on any atom is -0.481 e. The van der Waals surface area contributed by atoms with Crippen molar-refractivity contribution in [1.82, 2.24) is 24.0 Å². The summed E-state index contributed by atoms with van der Waals surface area (Å²) in [6.07, 6.45) is 4.26. The largest absolute Gasteiger partial charge is 0.481 e. The van der Waals surface area contributed by atoms with Crippen LogP contribution in [0.3, 0.4) is 0 Å². The molecule has 6 rings (SSSR count). The molecular weight excluding hydrogens is 518 g/mol. The maximum absolute atomic E-state index is 13.6. The van der Waals surface area contributed by atoms with E-state index >= 15 is 0 Å². The number of carbonyl (C=O) groups is 1. The van der Waals surface area contributed by atoms with Crippen LogP contribution in [-0.4, -0.2) is 61.3 Å². The molecule has 0 aliphatic carbocycles. The summed E-state index contributed by atoms with van der Waals surface area (Å²) in [5.74, 6) is 0.704. The maximum Gasteiger partial charge on any atom is 0.333 e. The number of aliphatic hydroxyl groups is 1. The lowest BCUT2D eigenvalue weighted by Gasteiger charge is -2.33. The minimum atomic E-state index is -0.968. The predicted molar refractivity (Wildman–Crippen MR) is 159 cm³/mol. The van der Waals surface area contributed by atoms with Gasteiger partial charge in [0.05, 0.1) is 35.5 Å². The van der Waals surface area contributed by atoms with Crippen molar-refractivity contribution >= 4 is 27.8 Å². The Morgan fingerprint density at radius 1 is 1.02 bits per heavy atom. The van der Waals surface area contributed by atoms with Crippen LogP contribution in [0.2, 0.25) is 0 Å². The predicted octanol–water partition coefficient (Wildman–Crippen LogP) is 4.34. The number of ether oxygens (including phenoxy) is 1. The molecule has 1 fully saturated rings. The zero-order chi connectivity index (χ0) is 28.8. The number of aryl methyl sites for hydroxylation is 2. The second kappa shape index (κ2) is 10.5. The molecule has 210 valence electrons. The van der Waals surface area contributed by atoms with Gasteiger partial charge in [-0.15, -0.1) is 0 Å². The standard InChI is InChI=1S/C32H33N5O4/c1-19-15-24(17-34-30(19)41-4)23-7-10-27-26(16-23)29-28(18-33-27)35(3)32(40)37(29)25-8-5-21(6-9-25)22-11-13-36(14-12-22)31(39)20(2)38/h5-10,15-18,20,22,38H,11-14H2,1-4H3/t20-/m0/s1. The van der Waals surface area contributed by atoms with Crippen molar-refractivity contribution in [3.63, 3.8) is 0 Å². The summed E-state index contributed by atoms with van der Waals surface area (Å²) in [5.41, 5.74) is 7.06. The van der Waals surface area contributed by atoms with Crippen molar-refractivity contribution in [3.05, 3.63) is 82.5 Å². The molecule has 1 aliphatic heterocycles. The Balaban J connectivity index is 1.38. The summed E-state index contributed by atoms with van der Waals surface area (Å²) >= 11 is 0. The summed E-state index contributed by atoms with van der Waals surface area (Å²) in [5, 5.41) is 10.5. The number of amides is 1. The Bertz CT molecular complexity index is 1830. The number of pyridine rings is 2. The third kappa shape index (κ3) is 4.66. The first-order valence-electron chi connectivity index (χ1n) is 13.8. The quantitative estimate of drug-likeness (QED) is 0.349. The zero-order valence-corrected chi connectivity index (χ0v) is 23.7. The van der Waals surface area contributed by atoms with Gasteiger partial charge >= 0.3 is 5.69 Å². The number of likely N-dealkylation sites (tertiary alicyclic amines) is 1. The highest BCUT2D eigenvalue weighted by molar-refractivity contribution is 6.04. The van der Waals surface area contributed by atoms with E-state index in [1.54, 1.807) is 40.6 Å². The molecule has 9 heteroatoms. The Morgan fingerprint density at radius 2 is 1.76 bits per heavy atom. The fourth-order valence-corrected chi connectivity index (χ4v) is 5.94. The highest BCUT2D eigenvalue weighted by Gasteiger charge is 2.26. The average Bonchev–Trinajstić information content (AvgIpc) is 3.26. The smallest absolute Gasteiger partial charge is 0.333 e. The van der Waals surface area contributed by atoms with Crippen molar-refractivity contribution in [2.24, 2.45) is 7.05 Å². The number of benzene rings is 2. The van der Waals surface area contributed by atoms with E-state index in [1.165, 1.54) is 12.5 Å². The molecule has 0 bridgehead atoms. The van der Waals surface area contributed by atoms with Gasteiger partial charge in [0, 0.05) is 42.8 Å². The van der Waals surface area contributed by atoms with Gasteiger partial charge in [-0.1, -0.05) is 18.2 Å². The Morgan fingerprint density at radius 3 is 2.41 bits per heavy atom. The van der Waals surface area contributed by atoms with Crippen LogP contribution in [0.25, 0.3) is 38.8 Å². The van der Waals surface area contributed by atoms with Gasteiger partial charge in [-0.25, -0.2) is 9.78 Å². The SMILES string of the molecule is COc1ncc(-c2ccc3ncc4c(c3c2)n(-c2ccc(C3CCN(C(=O)[C@H](C)O)CC3)cc2)c(=O)n4C)cc1C. The molecule has 1 atom stereocenters. The normalized spacial score (nSPS) is 15.0. The van der Waals surface area contributed by atoms with Crippen molar-refractivity contribution in [3.8, 4) is 22.7 Å². The van der Waals surface area contributed by atoms with Crippen LogP contribution in [0.1, 0.15) is 36.8 Å². The van der Waals surface area contributed by atoms with Crippen molar-refractivity contribution < 1.29 is 14.6 Å². The molecule has 0 saturated carbocycles. The molecule has 9 nitrogen and oxygen atoms in total. The van der Waals surface area contributed by atoms with Crippen LogP contribution < -0.4 is 10.4 Å². The molecule has 1 N–H and O–H groups in total. The van der Waals surface area contributed by atoms with E-state index in [-0.39, 0.29) is 11.6 Å². The van der Waals surface area contributed by atoms with Crippen LogP contribution in [0.4, 0.5) is 0 Å². The van der Waals surface area contributed by atoms with Crippen LogP contribution in [0.15, 0.2) is 65.7 Å². The van der Waals surface area contributed by atoms with Gasteiger partial charge in [-0.2, -0.15) is 0 Å². The summed E-state index contributed by atoms with van der Waals surface area (Å²) in [6, 6.07) is 16.3. The molecule has 2 aromatic carbocycles. The van der Waals surface area contributed by atoms with Gasteiger partial charge in [-0.05, 0) is 74.1 Å². The van der Waals surface area contributed by atoms with Crippen LogP contribution in [0.5, 0.6) is 5.88 Å². The van der Waals surface area contributed by atoms with E-state index in [1.807, 2.05) is 37.3 Å². The molecule has 1 amide bonds. The van der Waals surface area contributed by atoms with E-state index in [9.17, 15) is 14.7 Å². The molecule has 41 heavy (non-hydrogen) atoms. The number of hydrogen-bond acceptors (Lipinski definition) is 6. The third-order valence-corrected chi connectivity index (χ3v) is 8.23. The zero-order valence-electron chi connectivity index (χ0n) is 23.7. The number of aromatic nitrogens is 4. The second-order valence-corrected chi connectivity index (χ2v) is 10.8. The van der Waals surface area contributed by atoms with E-state index in [2.05, 4.69) is 28.2 Å². The number of carbonyl (C=O) groups excluding carboxylic acids is 1. The van der Waals surface area contributed by atoms with Gasteiger partial charge in [0.2, 0.25) is 5.88 Å². The molecule has 0 radical (unpaired) electrons. The Kier molecular flexibility index (Phi) is 6.83. The van der Waals surface area contributed by atoms with E-state index in [0.29, 0.717) is 24.9 Å². The average molecular weight is 552 g/mol. The number of rotatable bonds is 5. The number of hydrogen-bond donors (Lipinski definition) is 1. The minimum absolute atomic E-state index is 0.139. The van der Waals surface area contributed by atoms with Gasteiger partial charge in [0.1, 0.15) is 6.10 Å². The van der Waals surface area contributed by atoms with Gasteiger partial charge < -0.3 is 14.7 Å². The maximum atomic E-state index is 13.6. The van der Waals surface area contributed by atoms with Crippen LogP contribution >= 0.6 is 0 Å². The van der Waals surface area contributed by atoms with Gasteiger partial charge in [0.25, 0.3) is 5.91 Å². The lowest BCUT2D eigenvalue weighted by atomic mass is 9.89. The lowest BCUT2D eigenvalue weighted by Crippen LogP contribution is -2.42. The first-order chi connectivity index (χ1) is 19.8. The summed E-state index contributed by atoms with van der Waals surface area (Å²) in [6.45, 7) is 4.74. The second-order valence-electron chi connectivity index (χ2n) is 10.8. The van der Waals surface area contributed by atoms with Gasteiger partial charge in [-0.3, -0.25) is 18.9 Å². The third-order valence-electron chi connectivity index (χ3n) is 8.23.